The zero-order valence-electron chi connectivity index (χ0n) is 15.1. The predicted molar refractivity (Wildman–Crippen MR) is 103 cm³/mol. The number of esters is 1. The molecule has 1 aliphatic heterocycles. The Kier molecular flexibility index (Phi) is 5.66. The summed E-state index contributed by atoms with van der Waals surface area (Å²) in [7, 11) is 3.09. The number of cyclic esters (lactones) is 1. The average molecular weight is 388 g/mol. The maximum absolute atomic E-state index is 12.2. The largest absolute Gasteiger partial charge is 0.497 e. The van der Waals surface area contributed by atoms with Crippen LogP contribution in [0.2, 0.25) is 5.02 Å². The predicted octanol–water partition coefficient (Wildman–Crippen LogP) is 4.10. The van der Waals surface area contributed by atoms with Gasteiger partial charge in [0, 0.05) is 5.56 Å². The fraction of sp³-hybridized carbons (Fsp3) is 0.200. The maximum atomic E-state index is 12.2. The second-order valence-corrected chi connectivity index (χ2v) is 5.94. The fourth-order valence-corrected chi connectivity index (χ4v) is 2.83. The molecule has 0 atom stereocenters. The van der Waals surface area contributed by atoms with Gasteiger partial charge in [-0.25, -0.2) is 9.79 Å². The molecule has 27 heavy (non-hydrogen) atoms. The lowest BCUT2D eigenvalue weighted by molar-refractivity contribution is -0.129. The van der Waals surface area contributed by atoms with Crippen LogP contribution in [0.3, 0.4) is 0 Å². The summed E-state index contributed by atoms with van der Waals surface area (Å²) in [5, 5.41) is 0.381. The van der Waals surface area contributed by atoms with Crippen LogP contribution in [0.15, 0.2) is 47.1 Å². The molecule has 0 fully saturated rings. The summed E-state index contributed by atoms with van der Waals surface area (Å²) in [5.74, 6) is 1.25. The van der Waals surface area contributed by atoms with Crippen molar-refractivity contribution >= 4 is 29.5 Å². The van der Waals surface area contributed by atoms with Gasteiger partial charge in [-0.3, -0.25) is 0 Å². The van der Waals surface area contributed by atoms with Gasteiger partial charge >= 0.3 is 5.97 Å². The number of nitrogens with zero attached hydrogens (tertiary/aromatic N) is 1. The SMILES string of the molecule is CCOc1c(Cl)cc(/C=C2\N=C(c3cccc(OC)c3)OC2=O)cc1OC. The van der Waals surface area contributed by atoms with Crippen LogP contribution >= 0.6 is 11.6 Å². The van der Waals surface area contributed by atoms with Crippen molar-refractivity contribution in [2.75, 3.05) is 20.8 Å². The topological polar surface area (TPSA) is 66.3 Å². The number of carbonyl (C=O) groups is 1. The summed E-state index contributed by atoms with van der Waals surface area (Å²) < 4.78 is 21.3. The van der Waals surface area contributed by atoms with Crippen LogP contribution < -0.4 is 14.2 Å². The molecule has 1 heterocycles. The van der Waals surface area contributed by atoms with E-state index in [0.29, 0.717) is 40.0 Å². The van der Waals surface area contributed by atoms with Gasteiger partial charge < -0.3 is 18.9 Å². The fourth-order valence-electron chi connectivity index (χ4n) is 2.55. The van der Waals surface area contributed by atoms with Crippen LogP contribution in [-0.2, 0) is 9.53 Å². The first-order valence-corrected chi connectivity index (χ1v) is 8.60. The molecule has 0 unspecified atom stereocenters. The summed E-state index contributed by atoms with van der Waals surface area (Å²) in [6.07, 6.45) is 1.58. The molecule has 6 nitrogen and oxygen atoms in total. The number of aliphatic imine (C=N–C) groups is 1. The molecular weight excluding hydrogens is 370 g/mol. The second kappa shape index (κ2) is 8.14. The van der Waals surface area contributed by atoms with Crippen LogP contribution in [-0.4, -0.2) is 32.7 Å². The van der Waals surface area contributed by atoms with E-state index in [1.54, 1.807) is 49.6 Å². The van der Waals surface area contributed by atoms with E-state index in [0.717, 1.165) is 0 Å². The van der Waals surface area contributed by atoms with Gasteiger partial charge in [0.25, 0.3) is 0 Å². The Morgan fingerprint density at radius 2 is 2.00 bits per heavy atom. The van der Waals surface area contributed by atoms with Crippen LogP contribution in [0.25, 0.3) is 6.08 Å². The monoisotopic (exact) mass is 387 g/mol. The van der Waals surface area contributed by atoms with Crippen LogP contribution in [0.5, 0.6) is 17.2 Å². The molecule has 140 valence electrons. The summed E-state index contributed by atoms with van der Waals surface area (Å²) in [4.78, 5) is 16.5. The lowest BCUT2D eigenvalue weighted by atomic mass is 10.1. The highest BCUT2D eigenvalue weighted by Crippen LogP contribution is 2.37. The van der Waals surface area contributed by atoms with Gasteiger partial charge in [-0.1, -0.05) is 17.7 Å². The van der Waals surface area contributed by atoms with Crippen LogP contribution in [0.1, 0.15) is 18.1 Å². The van der Waals surface area contributed by atoms with Gasteiger partial charge in [-0.05, 0) is 48.9 Å². The second-order valence-electron chi connectivity index (χ2n) is 5.54. The van der Waals surface area contributed by atoms with Crippen LogP contribution in [0.4, 0.5) is 0 Å². The normalized spacial score (nSPS) is 14.7. The van der Waals surface area contributed by atoms with E-state index in [-0.39, 0.29) is 11.6 Å². The van der Waals surface area contributed by atoms with E-state index < -0.39 is 5.97 Å². The first kappa shape index (κ1) is 18.8. The quantitative estimate of drug-likeness (QED) is 0.551. The number of halogens is 1. The minimum Gasteiger partial charge on any atom is -0.497 e. The van der Waals surface area contributed by atoms with Crippen molar-refractivity contribution < 1.29 is 23.7 Å². The van der Waals surface area contributed by atoms with Gasteiger partial charge in [0.2, 0.25) is 5.90 Å². The van der Waals surface area contributed by atoms with E-state index >= 15 is 0 Å². The van der Waals surface area contributed by atoms with Crippen molar-refractivity contribution in [3.05, 3.63) is 58.2 Å². The first-order chi connectivity index (χ1) is 13.0. The molecule has 2 aromatic carbocycles. The third-order valence-electron chi connectivity index (χ3n) is 3.78. The Hall–Kier alpha value is -2.99. The summed E-state index contributed by atoms with van der Waals surface area (Å²) in [6.45, 7) is 2.31. The van der Waals surface area contributed by atoms with E-state index in [1.165, 1.54) is 7.11 Å². The molecule has 2 aromatic rings. The molecule has 0 spiro atoms. The number of ether oxygens (including phenoxy) is 4. The van der Waals surface area contributed by atoms with Gasteiger partial charge in [0.1, 0.15) is 5.75 Å². The molecule has 7 heteroatoms. The molecule has 0 radical (unpaired) electrons. The van der Waals surface area contributed by atoms with E-state index in [9.17, 15) is 4.79 Å². The van der Waals surface area contributed by atoms with Crippen molar-refractivity contribution in [2.24, 2.45) is 4.99 Å². The number of methoxy groups -OCH3 is 2. The Morgan fingerprint density at radius 1 is 1.19 bits per heavy atom. The zero-order valence-corrected chi connectivity index (χ0v) is 15.9. The van der Waals surface area contributed by atoms with Crippen molar-refractivity contribution in [1.29, 1.82) is 0 Å². The van der Waals surface area contributed by atoms with E-state index in [4.69, 9.17) is 30.5 Å². The maximum Gasteiger partial charge on any atom is 0.363 e. The molecule has 0 saturated heterocycles. The molecule has 0 aromatic heterocycles. The highest BCUT2D eigenvalue weighted by atomic mass is 35.5. The van der Waals surface area contributed by atoms with E-state index in [2.05, 4.69) is 4.99 Å². The average Bonchev–Trinajstić information content (AvgIpc) is 3.04. The summed E-state index contributed by atoms with van der Waals surface area (Å²) >= 11 is 6.27. The summed E-state index contributed by atoms with van der Waals surface area (Å²) in [6, 6.07) is 10.5. The standard InChI is InChI=1S/C20H18ClNO5/c1-4-26-18-15(21)8-12(10-17(18)25-3)9-16-20(23)27-19(22-16)13-6-5-7-14(11-13)24-2/h5-11H,4H2,1-3H3/b16-9-. The molecule has 0 saturated carbocycles. The molecule has 3 rings (SSSR count). The minimum absolute atomic E-state index is 0.162. The van der Waals surface area contributed by atoms with Crippen molar-refractivity contribution in [3.63, 3.8) is 0 Å². The highest BCUT2D eigenvalue weighted by molar-refractivity contribution is 6.32. The Bertz CT molecular complexity index is 936. The number of hydrogen-bond donors (Lipinski definition) is 0. The van der Waals surface area contributed by atoms with Crippen molar-refractivity contribution in [3.8, 4) is 17.2 Å². The van der Waals surface area contributed by atoms with Crippen LogP contribution in [0, 0.1) is 0 Å². The lowest BCUT2D eigenvalue weighted by Crippen LogP contribution is -2.05. The molecule has 0 aliphatic carbocycles. The minimum atomic E-state index is -0.545. The molecule has 0 amide bonds. The van der Waals surface area contributed by atoms with Gasteiger partial charge in [0.15, 0.2) is 17.2 Å². The molecule has 1 aliphatic rings. The number of rotatable bonds is 6. The highest BCUT2D eigenvalue weighted by Gasteiger charge is 2.24. The Morgan fingerprint density at radius 3 is 2.70 bits per heavy atom. The van der Waals surface area contributed by atoms with Gasteiger partial charge in [-0.15, -0.1) is 0 Å². The number of benzene rings is 2. The number of hydrogen-bond acceptors (Lipinski definition) is 6. The van der Waals surface area contributed by atoms with Gasteiger partial charge in [0.05, 0.1) is 25.8 Å². The van der Waals surface area contributed by atoms with Crippen molar-refractivity contribution in [2.45, 2.75) is 6.92 Å². The molecular formula is C20H18ClNO5. The Balaban J connectivity index is 1.96. The molecule has 0 N–H and O–H groups in total. The van der Waals surface area contributed by atoms with E-state index in [1.807, 2.05) is 6.92 Å². The first-order valence-electron chi connectivity index (χ1n) is 8.23. The zero-order chi connectivity index (χ0) is 19.4. The summed E-state index contributed by atoms with van der Waals surface area (Å²) in [5.41, 5.74) is 1.45. The van der Waals surface area contributed by atoms with Gasteiger partial charge in [-0.2, -0.15) is 0 Å². The smallest absolute Gasteiger partial charge is 0.363 e. The third kappa shape index (κ3) is 4.06. The Labute approximate surface area is 162 Å². The van der Waals surface area contributed by atoms with Crippen molar-refractivity contribution in [1.82, 2.24) is 0 Å². The molecule has 0 bridgehead atoms. The number of carbonyl (C=O) groups excluding carboxylic acids is 1. The lowest BCUT2D eigenvalue weighted by Gasteiger charge is -2.11. The third-order valence-corrected chi connectivity index (χ3v) is 4.06.